The van der Waals surface area contributed by atoms with E-state index >= 15 is 0 Å². The molecule has 1 atom stereocenters. The molecule has 0 bridgehead atoms. The average Bonchev–Trinajstić information content (AvgIpc) is 2.44. The fourth-order valence-corrected chi connectivity index (χ4v) is 4.13. The number of hydrogen-bond donors (Lipinski definition) is 2. The monoisotopic (exact) mass is 320 g/mol. The van der Waals surface area contributed by atoms with Gasteiger partial charge < -0.3 is 10.2 Å². The first kappa shape index (κ1) is 18.8. The van der Waals surface area contributed by atoms with Gasteiger partial charge in [0.25, 0.3) is 10.2 Å². The zero-order valence-electron chi connectivity index (χ0n) is 13.8. The first-order chi connectivity index (χ1) is 9.97. The Kier molecular flexibility index (Phi) is 8.73. The summed E-state index contributed by atoms with van der Waals surface area (Å²) in [5.74, 6) is 0. The molecule has 1 heterocycles. The van der Waals surface area contributed by atoms with E-state index in [9.17, 15) is 8.42 Å². The Hall–Kier alpha value is -0.210. The van der Waals surface area contributed by atoms with E-state index in [1.165, 1.54) is 0 Å². The zero-order chi connectivity index (χ0) is 15.7. The lowest BCUT2D eigenvalue weighted by molar-refractivity contribution is 0.243. The number of nitrogens with zero attached hydrogens (tertiary/aromatic N) is 2. The summed E-state index contributed by atoms with van der Waals surface area (Å²) < 4.78 is 29.3. The van der Waals surface area contributed by atoms with Crippen LogP contribution in [0.15, 0.2) is 0 Å². The first-order valence-electron chi connectivity index (χ1n) is 8.09. The summed E-state index contributed by atoms with van der Waals surface area (Å²) in [5, 5.41) is 3.35. The maximum Gasteiger partial charge on any atom is 0.279 e. The molecular weight excluding hydrogens is 288 g/mol. The molecule has 6 nitrogen and oxygen atoms in total. The highest BCUT2D eigenvalue weighted by Gasteiger charge is 2.31. The molecule has 1 saturated heterocycles. The minimum Gasteiger partial charge on any atom is -0.315 e. The topological polar surface area (TPSA) is 64.7 Å². The lowest BCUT2D eigenvalue weighted by Gasteiger charge is -2.34. The van der Waals surface area contributed by atoms with Crippen LogP contribution in [0.3, 0.4) is 0 Å². The van der Waals surface area contributed by atoms with Crippen molar-refractivity contribution < 1.29 is 8.42 Å². The van der Waals surface area contributed by atoms with Crippen molar-refractivity contribution in [3.05, 3.63) is 0 Å². The number of hydrogen-bond acceptors (Lipinski definition) is 4. The van der Waals surface area contributed by atoms with Gasteiger partial charge in [0.05, 0.1) is 0 Å². The molecule has 1 aliphatic rings. The zero-order valence-corrected chi connectivity index (χ0v) is 14.6. The quantitative estimate of drug-likeness (QED) is 0.580. The molecule has 1 aliphatic heterocycles. The molecule has 2 N–H and O–H groups in total. The van der Waals surface area contributed by atoms with Crippen LogP contribution in [-0.4, -0.2) is 70.5 Å². The van der Waals surface area contributed by atoms with E-state index in [1.807, 2.05) is 14.1 Å². The van der Waals surface area contributed by atoms with Crippen LogP contribution in [0.25, 0.3) is 0 Å². The molecule has 0 aromatic rings. The maximum atomic E-state index is 12.4. The van der Waals surface area contributed by atoms with Gasteiger partial charge in [0, 0.05) is 25.7 Å². The van der Waals surface area contributed by atoms with Crippen LogP contribution in [0.4, 0.5) is 0 Å². The van der Waals surface area contributed by atoms with Gasteiger partial charge in [-0.1, -0.05) is 13.3 Å². The van der Waals surface area contributed by atoms with E-state index in [0.29, 0.717) is 13.1 Å². The van der Waals surface area contributed by atoms with E-state index in [2.05, 4.69) is 21.9 Å². The largest absolute Gasteiger partial charge is 0.315 e. The van der Waals surface area contributed by atoms with Crippen molar-refractivity contribution in [3.8, 4) is 0 Å². The van der Waals surface area contributed by atoms with Crippen LogP contribution in [0.5, 0.6) is 0 Å². The lowest BCUT2D eigenvalue weighted by atomic mass is 10.1. The van der Waals surface area contributed by atoms with Gasteiger partial charge in [-0.05, 0) is 52.9 Å². The standard InChI is InChI=1S/C14H32N4O2S/c1-4-9-15-13-14-8-5-6-12-18(14)21(19,20)16-10-7-11-17(2)3/h14-16H,4-13H2,1-3H3. The second-order valence-electron chi connectivity index (χ2n) is 6.02. The average molecular weight is 321 g/mol. The predicted octanol–water partition coefficient (Wildman–Crippen LogP) is 0.627. The fourth-order valence-electron chi connectivity index (χ4n) is 2.62. The Labute approximate surface area is 130 Å². The summed E-state index contributed by atoms with van der Waals surface area (Å²) in [6, 6.07) is 0.0941. The number of piperidine rings is 1. The fraction of sp³-hybridized carbons (Fsp3) is 1.00. The third-order valence-corrected chi connectivity index (χ3v) is 5.42. The number of rotatable bonds is 10. The van der Waals surface area contributed by atoms with E-state index in [0.717, 1.165) is 51.7 Å². The molecule has 1 unspecified atom stereocenters. The Morgan fingerprint density at radius 2 is 2.00 bits per heavy atom. The van der Waals surface area contributed by atoms with Gasteiger partial charge >= 0.3 is 0 Å². The summed E-state index contributed by atoms with van der Waals surface area (Å²) in [6.07, 6.45) is 4.93. The summed E-state index contributed by atoms with van der Waals surface area (Å²) in [4.78, 5) is 2.06. The van der Waals surface area contributed by atoms with Crippen molar-refractivity contribution >= 4 is 10.2 Å². The highest BCUT2D eigenvalue weighted by molar-refractivity contribution is 7.87. The van der Waals surface area contributed by atoms with Crippen LogP contribution in [0.2, 0.25) is 0 Å². The third kappa shape index (κ3) is 7.06. The molecule has 0 amide bonds. The Morgan fingerprint density at radius 3 is 2.67 bits per heavy atom. The normalized spacial score (nSPS) is 21.0. The van der Waals surface area contributed by atoms with Gasteiger partial charge in [0.15, 0.2) is 0 Å². The molecule has 0 aliphatic carbocycles. The highest BCUT2D eigenvalue weighted by atomic mass is 32.2. The Bertz CT molecular complexity index is 373. The van der Waals surface area contributed by atoms with Crippen molar-refractivity contribution in [2.45, 2.75) is 45.1 Å². The minimum atomic E-state index is -3.34. The van der Waals surface area contributed by atoms with Gasteiger partial charge in [0.2, 0.25) is 0 Å². The predicted molar refractivity (Wildman–Crippen MR) is 87.6 cm³/mol. The van der Waals surface area contributed by atoms with Crippen molar-refractivity contribution in [2.75, 3.05) is 46.8 Å². The van der Waals surface area contributed by atoms with E-state index in [-0.39, 0.29) is 6.04 Å². The second kappa shape index (κ2) is 9.74. The second-order valence-corrected chi connectivity index (χ2v) is 7.73. The van der Waals surface area contributed by atoms with Crippen molar-refractivity contribution in [3.63, 3.8) is 0 Å². The summed E-state index contributed by atoms with van der Waals surface area (Å²) in [5.41, 5.74) is 0. The molecule has 0 aromatic carbocycles. The highest BCUT2D eigenvalue weighted by Crippen LogP contribution is 2.19. The van der Waals surface area contributed by atoms with Crippen molar-refractivity contribution in [1.82, 2.24) is 19.2 Å². The molecular formula is C14H32N4O2S. The maximum absolute atomic E-state index is 12.4. The molecule has 1 fully saturated rings. The van der Waals surface area contributed by atoms with Gasteiger partial charge in [-0.15, -0.1) is 0 Å². The molecule has 0 radical (unpaired) electrons. The molecule has 21 heavy (non-hydrogen) atoms. The number of nitrogens with one attached hydrogen (secondary N) is 2. The van der Waals surface area contributed by atoms with Crippen LogP contribution in [0.1, 0.15) is 39.0 Å². The molecule has 7 heteroatoms. The minimum absolute atomic E-state index is 0.0941. The van der Waals surface area contributed by atoms with Gasteiger partial charge in [-0.3, -0.25) is 0 Å². The smallest absolute Gasteiger partial charge is 0.279 e. The summed E-state index contributed by atoms with van der Waals surface area (Å²) in [6.45, 7) is 5.86. The SMILES string of the molecule is CCCNCC1CCCCN1S(=O)(=O)NCCCN(C)C. The van der Waals surface area contributed by atoms with Crippen LogP contribution < -0.4 is 10.0 Å². The van der Waals surface area contributed by atoms with E-state index in [4.69, 9.17) is 0 Å². The Morgan fingerprint density at radius 1 is 1.24 bits per heavy atom. The molecule has 0 aromatic heterocycles. The van der Waals surface area contributed by atoms with Gasteiger partial charge in [-0.2, -0.15) is 12.7 Å². The summed E-state index contributed by atoms with van der Waals surface area (Å²) >= 11 is 0. The summed E-state index contributed by atoms with van der Waals surface area (Å²) in [7, 11) is 0.646. The Balaban J connectivity index is 2.48. The molecule has 0 saturated carbocycles. The van der Waals surface area contributed by atoms with E-state index in [1.54, 1.807) is 4.31 Å². The van der Waals surface area contributed by atoms with Crippen LogP contribution in [-0.2, 0) is 10.2 Å². The van der Waals surface area contributed by atoms with Crippen LogP contribution >= 0.6 is 0 Å². The van der Waals surface area contributed by atoms with E-state index < -0.39 is 10.2 Å². The van der Waals surface area contributed by atoms with Crippen molar-refractivity contribution in [2.24, 2.45) is 0 Å². The first-order valence-corrected chi connectivity index (χ1v) is 9.53. The molecule has 1 rings (SSSR count). The van der Waals surface area contributed by atoms with Gasteiger partial charge in [0.1, 0.15) is 0 Å². The van der Waals surface area contributed by atoms with Crippen molar-refractivity contribution in [1.29, 1.82) is 0 Å². The molecule has 0 spiro atoms. The molecule has 126 valence electrons. The van der Waals surface area contributed by atoms with Gasteiger partial charge in [-0.25, -0.2) is 4.72 Å². The lowest BCUT2D eigenvalue weighted by Crippen LogP contribution is -2.52. The third-order valence-electron chi connectivity index (χ3n) is 3.76. The van der Waals surface area contributed by atoms with Crippen LogP contribution in [0, 0.1) is 0 Å².